The maximum Gasteiger partial charge on any atom is 0.272 e. The zero-order valence-electron chi connectivity index (χ0n) is 16.6. The summed E-state index contributed by atoms with van der Waals surface area (Å²) >= 11 is 1.49. The first-order chi connectivity index (χ1) is 15.0. The largest absolute Gasteiger partial charge is 0.453 e. The van der Waals surface area contributed by atoms with E-state index in [1.54, 1.807) is 12.3 Å². The van der Waals surface area contributed by atoms with Gasteiger partial charge in [0.1, 0.15) is 5.75 Å². The van der Waals surface area contributed by atoms with Crippen LogP contribution in [0.5, 0.6) is 11.5 Å². The van der Waals surface area contributed by atoms with Crippen LogP contribution < -0.4 is 4.74 Å². The van der Waals surface area contributed by atoms with Crippen molar-refractivity contribution in [2.75, 3.05) is 25.9 Å². The molecule has 3 heterocycles. The van der Waals surface area contributed by atoms with Crippen LogP contribution in [0.3, 0.4) is 0 Å². The highest BCUT2D eigenvalue weighted by Crippen LogP contribution is 2.39. The van der Waals surface area contributed by atoms with E-state index in [2.05, 4.69) is 11.1 Å². The van der Waals surface area contributed by atoms with E-state index in [0.29, 0.717) is 33.6 Å². The Balaban J connectivity index is 1.58. The number of hydrogen-bond donors (Lipinski definition) is 0. The van der Waals surface area contributed by atoms with Crippen molar-refractivity contribution in [1.82, 2.24) is 9.88 Å². The number of rotatable bonds is 6. The number of halogens is 1. The molecule has 0 radical (unpaired) electrons. The van der Waals surface area contributed by atoms with Gasteiger partial charge in [0.2, 0.25) is 5.91 Å². The van der Waals surface area contributed by atoms with Crippen molar-refractivity contribution in [2.45, 2.75) is 6.42 Å². The van der Waals surface area contributed by atoms with Gasteiger partial charge in [-0.2, -0.15) is 0 Å². The zero-order valence-corrected chi connectivity index (χ0v) is 18.4. The van der Waals surface area contributed by atoms with Crippen molar-refractivity contribution < 1.29 is 18.8 Å². The van der Waals surface area contributed by atoms with Gasteiger partial charge in [-0.25, -0.2) is 4.39 Å². The molecule has 0 fully saturated rings. The predicted octanol–water partition coefficient (Wildman–Crippen LogP) is 5.06. The Morgan fingerprint density at radius 1 is 1.35 bits per heavy atom. The number of ether oxygens (including phenoxy) is 1. The molecule has 1 atom stereocenters. The number of benzene rings is 1. The maximum atomic E-state index is 14.3. The second kappa shape index (κ2) is 9.08. The maximum absolute atomic E-state index is 14.3. The monoisotopic (exact) mass is 459 g/mol. The van der Waals surface area contributed by atoms with E-state index in [4.69, 9.17) is 4.74 Å². The predicted molar refractivity (Wildman–Crippen MR) is 121 cm³/mol. The lowest BCUT2D eigenvalue weighted by atomic mass is 10.1. The number of amides is 1. The number of hydrogen-bond acceptors (Lipinski definition) is 6. The molecule has 160 valence electrons. The number of carbonyl (C=O) groups excluding carboxylic acids is 1. The Morgan fingerprint density at radius 2 is 2.19 bits per heavy atom. The van der Waals surface area contributed by atoms with E-state index in [0.717, 1.165) is 33.2 Å². The van der Waals surface area contributed by atoms with Crippen LogP contribution in [0.25, 0.3) is 15.8 Å². The summed E-state index contributed by atoms with van der Waals surface area (Å²) < 4.78 is 20.8. The quantitative estimate of drug-likeness (QED) is 0.292. The van der Waals surface area contributed by atoms with Crippen molar-refractivity contribution in [2.24, 2.45) is 0 Å². The van der Waals surface area contributed by atoms with Crippen LogP contribution >= 0.6 is 19.9 Å². The van der Waals surface area contributed by atoms with Gasteiger partial charge in [0.05, 0.1) is 21.2 Å². The molecule has 0 bridgehead atoms. The van der Waals surface area contributed by atoms with Gasteiger partial charge in [-0.1, -0.05) is 6.08 Å². The van der Waals surface area contributed by atoms with E-state index >= 15 is 0 Å². The first-order valence-corrected chi connectivity index (χ1v) is 12.1. The highest BCUT2D eigenvalue weighted by Gasteiger charge is 2.20. The number of nitrogens with zero attached hydrogens (tertiary/aromatic N) is 3. The van der Waals surface area contributed by atoms with Crippen molar-refractivity contribution >= 4 is 47.3 Å². The number of nitro benzene ring substituents is 1. The third kappa shape index (κ3) is 4.57. The molecule has 4 rings (SSSR count). The summed E-state index contributed by atoms with van der Waals surface area (Å²) in [6.45, 7) is 3.31. The highest BCUT2D eigenvalue weighted by atomic mass is 32.1. The van der Waals surface area contributed by atoms with Crippen LogP contribution in [0.1, 0.15) is 11.3 Å². The summed E-state index contributed by atoms with van der Waals surface area (Å²) in [6, 6.07) is 6.91. The molecule has 2 aromatic heterocycles. The Morgan fingerprint density at radius 3 is 2.87 bits per heavy atom. The molecule has 0 saturated carbocycles. The molecule has 7 nitrogen and oxygen atoms in total. The van der Waals surface area contributed by atoms with Gasteiger partial charge >= 0.3 is 0 Å². The molecule has 3 aromatic rings. The van der Waals surface area contributed by atoms with Crippen LogP contribution in [-0.2, 0) is 4.79 Å². The molecular formula is C21H19FN3O4PS. The third-order valence-corrected chi connectivity index (χ3v) is 6.80. The van der Waals surface area contributed by atoms with Crippen LogP contribution in [0, 0.1) is 15.9 Å². The summed E-state index contributed by atoms with van der Waals surface area (Å²) in [5.41, 5.74) is 1.55. The summed E-state index contributed by atoms with van der Waals surface area (Å²) in [7, 11) is 0.613. The summed E-state index contributed by atoms with van der Waals surface area (Å²) in [5, 5.41) is 10.8. The molecule has 1 amide bonds. The summed E-state index contributed by atoms with van der Waals surface area (Å²) in [4.78, 5) is 29.5. The fourth-order valence-electron chi connectivity index (χ4n) is 3.34. The fourth-order valence-corrected chi connectivity index (χ4v) is 5.00. The molecule has 0 spiro atoms. The number of fused-ring (bicyclic) bond motifs is 1. The van der Waals surface area contributed by atoms with Gasteiger partial charge in [-0.15, -0.1) is 19.9 Å². The molecule has 0 saturated heterocycles. The van der Waals surface area contributed by atoms with Crippen LogP contribution in [-0.4, -0.2) is 46.6 Å². The Hall–Kier alpha value is -2.90. The fraction of sp³-hybridized carbons (Fsp3) is 0.238. The van der Waals surface area contributed by atoms with Gasteiger partial charge in [0.15, 0.2) is 11.6 Å². The van der Waals surface area contributed by atoms with Gasteiger partial charge < -0.3 is 9.64 Å². The molecular weight excluding hydrogens is 440 g/mol. The second-order valence-corrected chi connectivity index (χ2v) is 9.07. The van der Waals surface area contributed by atoms with Crippen molar-refractivity contribution in [1.29, 1.82) is 0 Å². The average molecular weight is 459 g/mol. The van der Waals surface area contributed by atoms with Crippen LogP contribution in [0.4, 0.5) is 10.1 Å². The van der Waals surface area contributed by atoms with Crippen molar-refractivity contribution in [3.05, 3.63) is 63.4 Å². The molecule has 0 N–H and O–H groups in total. The Labute approximate surface area is 183 Å². The SMILES string of the molecule is CPCC(=O)N1CC=C(c2cc3nccc(Oc4ccc([N+](=O)[O-])cc4F)c3s2)CC1. The third-order valence-electron chi connectivity index (χ3n) is 4.93. The first-order valence-electron chi connectivity index (χ1n) is 9.58. The van der Waals surface area contributed by atoms with Gasteiger partial charge in [-0.05, 0) is 30.8 Å². The topological polar surface area (TPSA) is 85.6 Å². The molecule has 1 unspecified atom stereocenters. The summed E-state index contributed by atoms with van der Waals surface area (Å²) in [6.07, 6.45) is 5.01. The van der Waals surface area contributed by atoms with Gasteiger partial charge in [0.25, 0.3) is 5.69 Å². The van der Waals surface area contributed by atoms with Gasteiger partial charge in [-0.3, -0.25) is 19.9 Å². The van der Waals surface area contributed by atoms with Crippen LogP contribution in [0.15, 0.2) is 42.6 Å². The number of carbonyl (C=O) groups is 1. The van der Waals surface area contributed by atoms with Crippen LogP contribution in [0.2, 0.25) is 0 Å². The van der Waals surface area contributed by atoms with E-state index < -0.39 is 10.7 Å². The number of non-ortho nitro benzene ring substituents is 1. The van der Waals surface area contributed by atoms with Crippen molar-refractivity contribution in [3.8, 4) is 11.5 Å². The van der Waals surface area contributed by atoms with E-state index in [1.165, 1.54) is 23.5 Å². The highest BCUT2D eigenvalue weighted by molar-refractivity contribution is 7.38. The number of aromatic nitrogens is 1. The number of thiophene rings is 1. The molecule has 31 heavy (non-hydrogen) atoms. The normalized spacial score (nSPS) is 14.3. The number of nitro groups is 1. The lowest BCUT2D eigenvalue weighted by Gasteiger charge is -2.26. The molecule has 1 aromatic carbocycles. The van der Waals surface area contributed by atoms with E-state index in [-0.39, 0.29) is 17.3 Å². The minimum atomic E-state index is -0.802. The second-order valence-electron chi connectivity index (χ2n) is 6.96. The van der Waals surface area contributed by atoms with Gasteiger partial charge in [0, 0.05) is 42.5 Å². The van der Waals surface area contributed by atoms with E-state index in [1.807, 2.05) is 17.6 Å². The standard InChI is InChI=1S/C21H19FN3O4PS/c1-30-12-20(26)24-8-5-13(6-9-24)19-11-16-21(31-19)18(4-7-23-16)29-17-3-2-14(25(27)28)10-15(17)22/h2-5,7,10-11,30H,6,8-9,12H2,1H3. The Bertz CT molecular complexity index is 1200. The lowest BCUT2D eigenvalue weighted by molar-refractivity contribution is -0.385. The molecule has 1 aliphatic rings. The smallest absolute Gasteiger partial charge is 0.272 e. The first kappa shape index (κ1) is 21.3. The average Bonchev–Trinajstić information content (AvgIpc) is 3.20. The molecule has 10 heteroatoms. The Kier molecular flexibility index (Phi) is 6.25. The minimum Gasteiger partial charge on any atom is -0.453 e. The zero-order chi connectivity index (χ0) is 22.0. The van der Waals surface area contributed by atoms with E-state index in [9.17, 15) is 19.3 Å². The number of pyridine rings is 1. The molecule has 0 aliphatic carbocycles. The van der Waals surface area contributed by atoms with Crippen molar-refractivity contribution in [3.63, 3.8) is 0 Å². The minimum absolute atomic E-state index is 0.0873. The molecule has 1 aliphatic heterocycles. The summed E-state index contributed by atoms with van der Waals surface area (Å²) in [5.74, 6) is -0.264. The lowest BCUT2D eigenvalue weighted by Crippen LogP contribution is -2.35.